The fraction of sp³-hybridized carbons (Fsp3) is 0. The third-order valence-electron chi connectivity index (χ3n) is 2.37. The van der Waals surface area contributed by atoms with Crippen LogP contribution in [-0.4, -0.2) is 11.0 Å². The van der Waals surface area contributed by atoms with Gasteiger partial charge in [0.25, 0.3) is 5.91 Å². The van der Waals surface area contributed by atoms with E-state index in [1.54, 1.807) is 0 Å². The summed E-state index contributed by atoms with van der Waals surface area (Å²) in [6, 6.07) is 6.83. The van der Waals surface area contributed by atoms with E-state index < -0.39 is 17.5 Å². The van der Waals surface area contributed by atoms with Crippen molar-refractivity contribution >= 4 is 23.2 Å². The molecule has 2 aromatic rings. The maximum atomic E-state index is 13.0. The second-order valence-corrected chi connectivity index (χ2v) is 4.15. The number of rotatable bonds is 2. The van der Waals surface area contributed by atoms with E-state index in [1.807, 2.05) is 0 Å². The molecule has 0 aliphatic rings. The molecule has 0 bridgehead atoms. The van der Waals surface area contributed by atoms with Crippen LogP contribution in [0.15, 0.2) is 36.4 Å². The van der Waals surface area contributed by atoms with Crippen molar-refractivity contribution in [3.8, 4) is 5.75 Å². The van der Waals surface area contributed by atoms with Crippen LogP contribution < -0.4 is 5.32 Å². The van der Waals surface area contributed by atoms with Crippen LogP contribution in [0.25, 0.3) is 0 Å². The van der Waals surface area contributed by atoms with Gasteiger partial charge in [-0.15, -0.1) is 0 Å². The van der Waals surface area contributed by atoms with E-state index >= 15 is 0 Å². The first-order valence-electron chi connectivity index (χ1n) is 5.22. The van der Waals surface area contributed by atoms with Gasteiger partial charge in [0.1, 0.15) is 5.75 Å². The fourth-order valence-electron chi connectivity index (χ4n) is 1.46. The normalized spacial score (nSPS) is 10.3. The lowest BCUT2D eigenvalue weighted by Gasteiger charge is -2.07. The summed E-state index contributed by atoms with van der Waals surface area (Å²) in [4.78, 5) is 11.9. The van der Waals surface area contributed by atoms with Gasteiger partial charge >= 0.3 is 0 Å². The number of carbonyl (C=O) groups excluding carboxylic acids is 1. The Balaban J connectivity index is 2.25. The van der Waals surface area contributed by atoms with E-state index in [9.17, 15) is 18.7 Å². The quantitative estimate of drug-likeness (QED) is 0.885. The minimum atomic E-state index is -1.07. The van der Waals surface area contributed by atoms with Gasteiger partial charge in [-0.3, -0.25) is 4.79 Å². The van der Waals surface area contributed by atoms with Crippen LogP contribution in [0, 0.1) is 11.6 Å². The number of anilines is 1. The molecule has 0 aliphatic carbocycles. The van der Waals surface area contributed by atoms with Crippen molar-refractivity contribution < 1.29 is 18.7 Å². The molecule has 0 radical (unpaired) electrons. The molecule has 98 valence electrons. The molecular formula is C13H8ClF2NO2. The molecule has 1 amide bonds. The van der Waals surface area contributed by atoms with Crippen LogP contribution in [0.1, 0.15) is 10.4 Å². The number of carbonyl (C=O) groups is 1. The van der Waals surface area contributed by atoms with Crippen molar-refractivity contribution in [1.82, 2.24) is 0 Å². The van der Waals surface area contributed by atoms with E-state index in [4.69, 9.17) is 11.6 Å². The minimum Gasteiger partial charge on any atom is -0.508 e. The van der Waals surface area contributed by atoms with Crippen molar-refractivity contribution in [2.75, 3.05) is 5.32 Å². The second-order valence-electron chi connectivity index (χ2n) is 3.75. The molecular weight excluding hydrogens is 276 g/mol. The van der Waals surface area contributed by atoms with Gasteiger partial charge in [0.2, 0.25) is 0 Å². The second kappa shape index (κ2) is 5.24. The van der Waals surface area contributed by atoms with E-state index in [0.29, 0.717) is 0 Å². The number of aromatic hydroxyl groups is 1. The van der Waals surface area contributed by atoms with Gasteiger partial charge in [-0.1, -0.05) is 11.6 Å². The van der Waals surface area contributed by atoms with Crippen LogP contribution in [0.4, 0.5) is 14.5 Å². The zero-order valence-electron chi connectivity index (χ0n) is 9.45. The Kier molecular flexibility index (Phi) is 3.66. The molecule has 2 aromatic carbocycles. The largest absolute Gasteiger partial charge is 0.508 e. The van der Waals surface area contributed by atoms with Crippen LogP contribution >= 0.6 is 11.6 Å². The fourth-order valence-corrected chi connectivity index (χ4v) is 1.66. The van der Waals surface area contributed by atoms with Gasteiger partial charge < -0.3 is 10.4 Å². The lowest BCUT2D eigenvalue weighted by atomic mass is 10.2. The Morgan fingerprint density at radius 1 is 1.11 bits per heavy atom. The Bertz CT molecular complexity index is 647. The Morgan fingerprint density at radius 2 is 1.84 bits per heavy atom. The summed E-state index contributed by atoms with van der Waals surface area (Å²) in [6.45, 7) is 0. The summed E-state index contributed by atoms with van der Waals surface area (Å²) >= 11 is 5.81. The van der Waals surface area contributed by atoms with Crippen molar-refractivity contribution in [2.45, 2.75) is 0 Å². The van der Waals surface area contributed by atoms with E-state index in [-0.39, 0.29) is 22.0 Å². The summed E-state index contributed by atoms with van der Waals surface area (Å²) in [5, 5.41) is 11.8. The van der Waals surface area contributed by atoms with E-state index in [1.165, 1.54) is 24.3 Å². The molecule has 0 saturated carbocycles. The van der Waals surface area contributed by atoms with Gasteiger partial charge in [0.15, 0.2) is 11.6 Å². The molecule has 3 nitrogen and oxygen atoms in total. The average Bonchev–Trinajstić information content (AvgIpc) is 2.36. The predicted molar refractivity (Wildman–Crippen MR) is 67.4 cm³/mol. The number of nitrogens with one attached hydrogen (secondary N) is 1. The highest BCUT2D eigenvalue weighted by Crippen LogP contribution is 2.22. The molecule has 6 heteroatoms. The molecule has 19 heavy (non-hydrogen) atoms. The zero-order chi connectivity index (χ0) is 14.0. The van der Waals surface area contributed by atoms with Crippen molar-refractivity contribution in [3.63, 3.8) is 0 Å². The monoisotopic (exact) mass is 283 g/mol. The van der Waals surface area contributed by atoms with Crippen molar-refractivity contribution in [3.05, 3.63) is 58.6 Å². The van der Waals surface area contributed by atoms with Gasteiger partial charge in [-0.05, 0) is 30.3 Å². The van der Waals surface area contributed by atoms with Crippen LogP contribution in [0.5, 0.6) is 5.75 Å². The third kappa shape index (κ3) is 3.00. The van der Waals surface area contributed by atoms with Crippen LogP contribution in [-0.2, 0) is 0 Å². The molecule has 0 fully saturated rings. The smallest absolute Gasteiger partial charge is 0.257 e. The van der Waals surface area contributed by atoms with Crippen LogP contribution in [0.2, 0.25) is 5.02 Å². The molecule has 0 aliphatic heterocycles. The minimum absolute atomic E-state index is 0.0337. The van der Waals surface area contributed by atoms with Crippen molar-refractivity contribution in [1.29, 1.82) is 0 Å². The summed E-state index contributed by atoms with van der Waals surface area (Å²) in [6.07, 6.45) is 0. The number of phenolic OH excluding ortho intramolecular Hbond substituents is 1. The average molecular weight is 284 g/mol. The zero-order valence-corrected chi connectivity index (χ0v) is 10.2. The van der Waals surface area contributed by atoms with Crippen molar-refractivity contribution in [2.24, 2.45) is 0 Å². The summed E-state index contributed by atoms with van der Waals surface area (Å²) in [5.74, 6) is -2.83. The molecule has 0 atom stereocenters. The predicted octanol–water partition coefficient (Wildman–Crippen LogP) is 3.58. The maximum absolute atomic E-state index is 13.0. The lowest BCUT2D eigenvalue weighted by Crippen LogP contribution is -2.12. The topological polar surface area (TPSA) is 49.3 Å². The van der Waals surface area contributed by atoms with Crippen LogP contribution in [0.3, 0.4) is 0 Å². The molecule has 2 rings (SSSR count). The summed E-state index contributed by atoms with van der Waals surface area (Å²) in [7, 11) is 0. The molecule has 0 aromatic heterocycles. The Hall–Kier alpha value is -2.14. The third-order valence-corrected chi connectivity index (χ3v) is 2.70. The summed E-state index contributed by atoms with van der Waals surface area (Å²) in [5.41, 5.74) is 0.120. The molecule has 2 N–H and O–H groups in total. The number of amides is 1. The number of benzene rings is 2. The molecule has 0 saturated heterocycles. The van der Waals surface area contributed by atoms with Gasteiger partial charge in [-0.2, -0.15) is 0 Å². The first-order valence-corrected chi connectivity index (χ1v) is 5.60. The first-order chi connectivity index (χ1) is 8.97. The molecule has 0 unspecified atom stereocenters. The number of hydrogen-bond donors (Lipinski definition) is 2. The highest BCUT2D eigenvalue weighted by molar-refractivity contribution is 6.34. The number of halogens is 3. The first kappa shape index (κ1) is 13.3. The van der Waals surface area contributed by atoms with Gasteiger partial charge in [0.05, 0.1) is 10.6 Å². The SMILES string of the molecule is O=C(Nc1ccc(F)c(F)c1)c1cc(O)ccc1Cl. The van der Waals surface area contributed by atoms with E-state index in [0.717, 1.165) is 12.1 Å². The summed E-state index contributed by atoms with van der Waals surface area (Å²) < 4.78 is 25.7. The maximum Gasteiger partial charge on any atom is 0.257 e. The number of phenols is 1. The standard InChI is InChI=1S/C13H8ClF2NO2/c14-10-3-2-8(18)6-9(10)13(19)17-7-1-4-11(15)12(16)5-7/h1-6,18H,(H,17,19). The highest BCUT2D eigenvalue weighted by atomic mass is 35.5. The molecule has 0 spiro atoms. The van der Waals surface area contributed by atoms with Gasteiger partial charge in [-0.25, -0.2) is 8.78 Å². The lowest BCUT2D eigenvalue weighted by molar-refractivity contribution is 0.102. The Morgan fingerprint density at radius 3 is 2.53 bits per heavy atom. The Labute approximate surface area is 112 Å². The van der Waals surface area contributed by atoms with E-state index in [2.05, 4.69) is 5.32 Å². The number of hydrogen-bond acceptors (Lipinski definition) is 2. The molecule has 0 heterocycles. The van der Waals surface area contributed by atoms with Gasteiger partial charge in [0, 0.05) is 11.8 Å². The highest BCUT2D eigenvalue weighted by Gasteiger charge is 2.12.